The molecule has 0 aliphatic carbocycles. The number of carbonyl (C=O) groups is 1. The Morgan fingerprint density at radius 2 is 1.57 bits per heavy atom. The Morgan fingerprint density at radius 1 is 0.943 bits per heavy atom. The van der Waals surface area contributed by atoms with Gasteiger partial charge in [0.25, 0.3) is 11.5 Å². The number of aromatic nitrogens is 2. The lowest BCUT2D eigenvalue weighted by Crippen LogP contribution is -2.38. The molecule has 4 rings (SSSR count). The van der Waals surface area contributed by atoms with Crippen LogP contribution >= 0.6 is 0 Å². The highest BCUT2D eigenvalue weighted by Gasteiger charge is 2.26. The van der Waals surface area contributed by atoms with E-state index in [0.29, 0.717) is 35.4 Å². The Labute approximate surface area is 207 Å². The van der Waals surface area contributed by atoms with E-state index in [2.05, 4.69) is 20.8 Å². The molecule has 1 heterocycles. The van der Waals surface area contributed by atoms with E-state index >= 15 is 0 Å². The lowest BCUT2D eigenvalue weighted by molar-refractivity contribution is 0.0691. The number of nitrogens with zero attached hydrogens (tertiary/aromatic N) is 3. The van der Waals surface area contributed by atoms with Gasteiger partial charge in [0.2, 0.25) is 0 Å². The maximum absolute atomic E-state index is 13.6. The van der Waals surface area contributed by atoms with E-state index < -0.39 is 6.04 Å². The van der Waals surface area contributed by atoms with Crippen molar-refractivity contribution < 1.29 is 4.79 Å². The van der Waals surface area contributed by atoms with Crippen molar-refractivity contribution in [3.8, 4) is 0 Å². The summed E-state index contributed by atoms with van der Waals surface area (Å²) in [7, 11) is 0. The number of para-hydroxylation sites is 1. The third-order valence-electron chi connectivity index (χ3n) is 6.52. The number of hydrogen-bond donors (Lipinski definition) is 0. The zero-order valence-corrected chi connectivity index (χ0v) is 21.2. The number of hydrogen-bond acceptors (Lipinski definition) is 3. The molecular weight excluding hydrogens is 434 g/mol. The maximum atomic E-state index is 13.6. The molecule has 5 nitrogen and oxygen atoms in total. The summed E-state index contributed by atoms with van der Waals surface area (Å²) in [5.41, 5.74) is 3.37. The van der Waals surface area contributed by atoms with Gasteiger partial charge in [-0.1, -0.05) is 75.4 Å². The molecule has 0 fully saturated rings. The fourth-order valence-electron chi connectivity index (χ4n) is 4.43. The fraction of sp³-hybridized carbons (Fsp3) is 0.300. The minimum Gasteiger partial charge on any atom is -0.329 e. The largest absolute Gasteiger partial charge is 0.329 e. The highest BCUT2D eigenvalue weighted by atomic mass is 16.2. The van der Waals surface area contributed by atoms with E-state index in [1.807, 2.05) is 86.6 Å². The van der Waals surface area contributed by atoms with E-state index in [1.54, 1.807) is 15.5 Å². The van der Waals surface area contributed by atoms with Crippen molar-refractivity contribution in [3.05, 3.63) is 112 Å². The Bertz CT molecular complexity index is 1380. The van der Waals surface area contributed by atoms with E-state index in [9.17, 15) is 9.59 Å². The van der Waals surface area contributed by atoms with Crippen LogP contribution in [0.3, 0.4) is 0 Å². The third kappa shape index (κ3) is 5.04. The first-order valence-electron chi connectivity index (χ1n) is 12.2. The standard InChI is InChI=1S/C30H33N3O2/c1-6-32(28(34)23-16-18-24(19-17-23)30(3,4)5)21(2)27-31-26-15-11-10-14-25(26)29(35)33(27)20-22-12-8-7-9-13-22/h7-19,21H,6,20H2,1-5H3. The molecule has 1 unspecified atom stereocenters. The quantitative estimate of drug-likeness (QED) is 0.351. The normalized spacial score (nSPS) is 12.5. The predicted octanol–water partition coefficient (Wildman–Crippen LogP) is 5.97. The number of amides is 1. The Kier molecular flexibility index (Phi) is 6.88. The van der Waals surface area contributed by atoms with Crippen molar-refractivity contribution in [2.45, 2.75) is 52.6 Å². The van der Waals surface area contributed by atoms with Crippen LogP contribution in [0, 0.1) is 0 Å². The molecule has 180 valence electrons. The van der Waals surface area contributed by atoms with Gasteiger partial charge in [0.1, 0.15) is 5.82 Å². The molecule has 0 N–H and O–H groups in total. The van der Waals surface area contributed by atoms with Crippen LogP contribution < -0.4 is 5.56 Å². The van der Waals surface area contributed by atoms with Gasteiger partial charge < -0.3 is 4.90 Å². The highest BCUT2D eigenvalue weighted by molar-refractivity contribution is 5.94. The lowest BCUT2D eigenvalue weighted by Gasteiger charge is -2.30. The van der Waals surface area contributed by atoms with Crippen molar-refractivity contribution in [3.63, 3.8) is 0 Å². The van der Waals surface area contributed by atoms with Gasteiger partial charge >= 0.3 is 0 Å². The molecule has 0 aliphatic rings. The third-order valence-corrected chi connectivity index (χ3v) is 6.52. The second kappa shape index (κ2) is 9.87. The summed E-state index contributed by atoms with van der Waals surface area (Å²) < 4.78 is 1.71. The molecule has 0 spiro atoms. The summed E-state index contributed by atoms with van der Waals surface area (Å²) in [5, 5.41) is 0.575. The SMILES string of the molecule is CCN(C(=O)c1ccc(C(C)(C)C)cc1)C(C)c1nc2ccccc2c(=O)n1Cc1ccccc1. The number of carbonyl (C=O) groups excluding carboxylic acids is 1. The Hall–Kier alpha value is -3.73. The van der Waals surface area contributed by atoms with Gasteiger partial charge in [-0.25, -0.2) is 4.98 Å². The van der Waals surface area contributed by atoms with Crippen LogP contribution in [0.2, 0.25) is 0 Å². The van der Waals surface area contributed by atoms with Gasteiger partial charge in [-0.15, -0.1) is 0 Å². The average Bonchev–Trinajstić information content (AvgIpc) is 2.86. The van der Waals surface area contributed by atoms with Crippen LogP contribution in [0.15, 0.2) is 83.7 Å². The number of rotatable bonds is 6. The molecule has 1 aromatic heterocycles. The van der Waals surface area contributed by atoms with Crippen molar-refractivity contribution in [1.29, 1.82) is 0 Å². The van der Waals surface area contributed by atoms with Crippen molar-refractivity contribution in [2.24, 2.45) is 0 Å². The monoisotopic (exact) mass is 467 g/mol. The molecule has 0 bridgehead atoms. The summed E-state index contributed by atoms with van der Waals surface area (Å²) >= 11 is 0. The summed E-state index contributed by atoms with van der Waals surface area (Å²) in [6.45, 7) is 11.3. The van der Waals surface area contributed by atoms with Gasteiger partial charge in [0.05, 0.1) is 23.5 Å². The predicted molar refractivity (Wildman–Crippen MR) is 142 cm³/mol. The summed E-state index contributed by atoms with van der Waals surface area (Å²) in [6, 6.07) is 24.7. The van der Waals surface area contributed by atoms with Crippen LogP contribution in [0.25, 0.3) is 10.9 Å². The van der Waals surface area contributed by atoms with Crippen molar-refractivity contribution in [1.82, 2.24) is 14.5 Å². The maximum Gasteiger partial charge on any atom is 0.261 e. The first-order valence-corrected chi connectivity index (χ1v) is 12.2. The van der Waals surface area contributed by atoms with Gasteiger partial charge in [-0.2, -0.15) is 0 Å². The minimum atomic E-state index is -0.393. The molecule has 0 aliphatic heterocycles. The fourth-order valence-corrected chi connectivity index (χ4v) is 4.43. The minimum absolute atomic E-state index is 0.0157. The zero-order chi connectivity index (χ0) is 25.2. The van der Waals surface area contributed by atoms with E-state index in [1.165, 1.54) is 5.56 Å². The Morgan fingerprint density at radius 3 is 2.20 bits per heavy atom. The highest BCUT2D eigenvalue weighted by Crippen LogP contribution is 2.25. The molecule has 3 aromatic carbocycles. The van der Waals surface area contributed by atoms with E-state index in [-0.39, 0.29) is 16.9 Å². The molecule has 0 saturated heterocycles. The Balaban J connectivity index is 1.76. The molecule has 1 atom stereocenters. The summed E-state index contributed by atoms with van der Waals surface area (Å²) in [6.07, 6.45) is 0. The van der Waals surface area contributed by atoms with E-state index in [0.717, 1.165) is 5.56 Å². The second-order valence-electron chi connectivity index (χ2n) is 9.96. The van der Waals surface area contributed by atoms with Crippen LogP contribution in [-0.4, -0.2) is 26.9 Å². The van der Waals surface area contributed by atoms with E-state index in [4.69, 9.17) is 4.98 Å². The molecular formula is C30H33N3O2. The lowest BCUT2D eigenvalue weighted by atomic mass is 9.86. The van der Waals surface area contributed by atoms with Crippen LogP contribution in [0.5, 0.6) is 0 Å². The van der Waals surface area contributed by atoms with Gasteiger partial charge in [-0.3, -0.25) is 14.2 Å². The van der Waals surface area contributed by atoms with Crippen molar-refractivity contribution >= 4 is 16.8 Å². The molecule has 35 heavy (non-hydrogen) atoms. The zero-order valence-electron chi connectivity index (χ0n) is 21.2. The van der Waals surface area contributed by atoms with Crippen LogP contribution in [-0.2, 0) is 12.0 Å². The summed E-state index contributed by atoms with van der Waals surface area (Å²) in [5.74, 6) is 0.508. The van der Waals surface area contributed by atoms with Crippen LogP contribution in [0.4, 0.5) is 0 Å². The molecule has 1 amide bonds. The van der Waals surface area contributed by atoms with Crippen LogP contribution in [0.1, 0.15) is 68.0 Å². The number of fused-ring (bicyclic) bond motifs is 1. The number of benzene rings is 3. The van der Waals surface area contributed by atoms with Gasteiger partial charge in [0.15, 0.2) is 0 Å². The topological polar surface area (TPSA) is 55.2 Å². The molecule has 0 radical (unpaired) electrons. The van der Waals surface area contributed by atoms with Crippen molar-refractivity contribution in [2.75, 3.05) is 6.54 Å². The first kappa shape index (κ1) is 24.4. The van der Waals surface area contributed by atoms with Gasteiger partial charge in [0, 0.05) is 12.1 Å². The first-order chi connectivity index (χ1) is 16.7. The second-order valence-corrected chi connectivity index (χ2v) is 9.96. The molecule has 4 aromatic rings. The average molecular weight is 468 g/mol. The molecule has 0 saturated carbocycles. The van der Waals surface area contributed by atoms with Gasteiger partial charge in [-0.05, 0) is 54.7 Å². The smallest absolute Gasteiger partial charge is 0.261 e. The summed E-state index contributed by atoms with van der Waals surface area (Å²) in [4.78, 5) is 33.8. The molecule has 5 heteroatoms.